The van der Waals surface area contributed by atoms with Gasteiger partial charge in [-0.1, -0.05) is 12.1 Å². The number of allylic oxidation sites excluding steroid dienone is 1. The fraction of sp³-hybridized carbons (Fsp3) is 0.154. The third-order valence-corrected chi connectivity index (χ3v) is 5.16. The molecule has 0 aliphatic carbocycles. The number of ketones is 1. The molecule has 0 atom stereocenters. The summed E-state index contributed by atoms with van der Waals surface area (Å²) in [6, 6.07) is 15.1. The molecule has 0 amide bonds. The molecule has 7 heteroatoms. The fourth-order valence-corrected chi connectivity index (χ4v) is 3.55. The van der Waals surface area contributed by atoms with E-state index in [0.29, 0.717) is 45.3 Å². The molecule has 0 radical (unpaired) electrons. The van der Waals surface area contributed by atoms with Gasteiger partial charge in [-0.2, -0.15) is 0 Å². The largest absolute Gasteiger partial charge is 0.497 e. The number of fused-ring (bicyclic) bond motifs is 1. The summed E-state index contributed by atoms with van der Waals surface area (Å²) in [6.45, 7) is 1.77. The lowest BCUT2D eigenvalue weighted by Gasteiger charge is -2.08. The molecule has 3 aromatic carbocycles. The van der Waals surface area contributed by atoms with Crippen LogP contribution in [0.3, 0.4) is 0 Å². The Balaban J connectivity index is 1.59. The smallest absolute Gasteiger partial charge is 0.343 e. The van der Waals surface area contributed by atoms with Crippen molar-refractivity contribution in [1.82, 2.24) is 0 Å². The van der Waals surface area contributed by atoms with Gasteiger partial charge >= 0.3 is 5.97 Å². The highest BCUT2D eigenvalue weighted by molar-refractivity contribution is 6.15. The Kier molecular flexibility index (Phi) is 6.04. The summed E-state index contributed by atoms with van der Waals surface area (Å²) >= 11 is 0. The molecule has 1 heterocycles. The number of carbonyl (C=O) groups excluding carboxylic acids is 2. The minimum atomic E-state index is -0.543. The normalized spacial score (nSPS) is 13.3. The second kappa shape index (κ2) is 9.08. The third-order valence-electron chi connectivity index (χ3n) is 5.16. The number of Topliss-reactive ketones (excluding diaryl/α,β-unsaturated/α-hetero) is 1. The summed E-state index contributed by atoms with van der Waals surface area (Å²) < 4.78 is 27.1. The van der Waals surface area contributed by atoms with E-state index in [4.69, 9.17) is 23.7 Å². The first-order valence-corrected chi connectivity index (χ1v) is 10.1. The monoisotopic (exact) mass is 446 g/mol. The predicted molar refractivity (Wildman–Crippen MR) is 122 cm³/mol. The molecule has 1 aliphatic heterocycles. The molecule has 0 saturated heterocycles. The molecule has 4 rings (SSSR count). The van der Waals surface area contributed by atoms with Crippen LogP contribution >= 0.6 is 0 Å². The molecular formula is C26H22O7. The summed E-state index contributed by atoms with van der Waals surface area (Å²) in [5, 5.41) is 0. The fourth-order valence-electron chi connectivity index (χ4n) is 3.55. The van der Waals surface area contributed by atoms with E-state index in [9.17, 15) is 9.59 Å². The second-order valence-electron chi connectivity index (χ2n) is 7.29. The van der Waals surface area contributed by atoms with Gasteiger partial charge in [-0.15, -0.1) is 0 Å². The minimum absolute atomic E-state index is 0.164. The van der Waals surface area contributed by atoms with Crippen molar-refractivity contribution in [2.45, 2.75) is 6.92 Å². The summed E-state index contributed by atoms with van der Waals surface area (Å²) in [5.41, 5.74) is 2.13. The molecule has 0 spiro atoms. The topological polar surface area (TPSA) is 80.3 Å². The maximum atomic E-state index is 13.0. The Bertz CT molecular complexity index is 1270. The molecule has 0 fully saturated rings. The first-order chi connectivity index (χ1) is 15.9. The van der Waals surface area contributed by atoms with Crippen LogP contribution in [0.15, 0.2) is 60.4 Å². The molecule has 168 valence electrons. The minimum Gasteiger partial charge on any atom is -0.497 e. The van der Waals surface area contributed by atoms with Crippen LogP contribution in [0.25, 0.3) is 6.08 Å². The van der Waals surface area contributed by atoms with Gasteiger partial charge in [0, 0.05) is 6.07 Å². The van der Waals surface area contributed by atoms with E-state index in [2.05, 4.69) is 0 Å². The number of aryl methyl sites for hydroxylation is 1. The van der Waals surface area contributed by atoms with Crippen LogP contribution in [-0.4, -0.2) is 33.1 Å². The summed E-state index contributed by atoms with van der Waals surface area (Å²) in [7, 11) is 4.62. The van der Waals surface area contributed by atoms with E-state index in [1.807, 2.05) is 0 Å². The van der Waals surface area contributed by atoms with Crippen LogP contribution in [0.2, 0.25) is 0 Å². The molecule has 0 bridgehead atoms. The zero-order valence-corrected chi connectivity index (χ0v) is 18.6. The summed E-state index contributed by atoms with van der Waals surface area (Å²) in [6.07, 6.45) is 1.63. The van der Waals surface area contributed by atoms with Gasteiger partial charge < -0.3 is 23.7 Å². The Hall–Kier alpha value is -4.26. The molecular weight excluding hydrogens is 424 g/mol. The summed E-state index contributed by atoms with van der Waals surface area (Å²) in [5.74, 6) is 1.66. The lowest BCUT2D eigenvalue weighted by atomic mass is 10.0. The van der Waals surface area contributed by atoms with Crippen LogP contribution in [0.5, 0.6) is 28.7 Å². The number of esters is 1. The number of carbonyl (C=O) groups is 2. The average molecular weight is 446 g/mol. The highest BCUT2D eigenvalue weighted by Gasteiger charge is 2.30. The first kappa shape index (κ1) is 22.0. The number of hydrogen-bond acceptors (Lipinski definition) is 7. The standard InChI is InChI=1S/C26H22O7/c1-15-10-19(32-26(28)17-6-5-7-18(13-17)29-2)14-22-24(15)25(27)23(33-22)12-16-8-9-20(30-3)21(11-16)31-4/h5-14H,1-4H3/b23-12-. The summed E-state index contributed by atoms with van der Waals surface area (Å²) in [4.78, 5) is 25.5. The van der Waals surface area contributed by atoms with Gasteiger partial charge in [0.1, 0.15) is 17.2 Å². The number of rotatable bonds is 6. The van der Waals surface area contributed by atoms with Crippen LogP contribution in [0.4, 0.5) is 0 Å². The van der Waals surface area contributed by atoms with Crippen molar-refractivity contribution in [3.8, 4) is 28.7 Å². The highest BCUT2D eigenvalue weighted by Crippen LogP contribution is 2.38. The van der Waals surface area contributed by atoms with E-state index in [1.54, 1.807) is 75.8 Å². The van der Waals surface area contributed by atoms with E-state index in [1.165, 1.54) is 13.2 Å². The van der Waals surface area contributed by atoms with Gasteiger partial charge in [0.15, 0.2) is 17.3 Å². The Morgan fingerprint density at radius 3 is 2.39 bits per heavy atom. The number of hydrogen-bond donors (Lipinski definition) is 0. The van der Waals surface area contributed by atoms with Crippen molar-refractivity contribution in [2.75, 3.05) is 21.3 Å². The van der Waals surface area contributed by atoms with Crippen molar-refractivity contribution in [3.63, 3.8) is 0 Å². The van der Waals surface area contributed by atoms with E-state index >= 15 is 0 Å². The van der Waals surface area contributed by atoms with Crippen molar-refractivity contribution >= 4 is 17.8 Å². The molecule has 1 aliphatic rings. The Morgan fingerprint density at radius 1 is 0.879 bits per heavy atom. The van der Waals surface area contributed by atoms with Crippen LogP contribution in [-0.2, 0) is 0 Å². The molecule has 0 unspecified atom stereocenters. The van der Waals surface area contributed by atoms with Crippen LogP contribution in [0, 0.1) is 6.92 Å². The predicted octanol–water partition coefficient (Wildman–Crippen LogP) is 4.86. The average Bonchev–Trinajstić information content (AvgIpc) is 3.14. The first-order valence-electron chi connectivity index (χ1n) is 10.1. The highest BCUT2D eigenvalue weighted by atomic mass is 16.5. The van der Waals surface area contributed by atoms with E-state index in [0.717, 1.165) is 0 Å². The molecule has 0 saturated carbocycles. The van der Waals surface area contributed by atoms with Gasteiger partial charge in [-0.25, -0.2) is 4.79 Å². The zero-order chi connectivity index (χ0) is 23.5. The number of benzene rings is 3. The maximum absolute atomic E-state index is 13.0. The van der Waals surface area contributed by atoms with Crippen molar-refractivity contribution in [3.05, 3.63) is 82.6 Å². The van der Waals surface area contributed by atoms with Crippen molar-refractivity contribution in [1.29, 1.82) is 0 Å². The van der Waals surface area contributed by atoms with Gasteiger partial charge in [-0.3, -0.25) is 4.79 Å². The zero-order valence-electron chi connectivity index (χ0n) is 18.6. The number of methoxy groups -OCH3 is 3. The SMILES string of the molecule is COc1cccc(C(=O)Oc2cc(C)c3c(c2)O/C(=C\c2ccc(OC)c(OC)c2)C3=O)c1. The van der Waals surface area contributed by atoms with Crippen LogP contribution in [0.1, 0.15) is 31.8 Å². The molecule has 3 aromatic rings. The van der Waals surface area contributed by atoms with E-state index < -0.39 is 5.97 Å². The third kappa shape index (κ3) is 4.39. The van der Waals surface area contributed by atoms with Gasteiger partial charge in [0.2, 0.25) is 5.78 Å². The van der Waals surface area contributed by atoms with E-state index in [-0.39, 0.29) is 17.3 Å². The second-order valence-corrected chi connectivity index (χ2v) is 7.29. The quantitative estimate of drug-likeness (QED) is 0.304. The maximum Gasteiger partial charge on any atom is 0.343 e. The Labute approximate surface area is 191 Å². The van der Waals surface area contributed by atoms with Crippen molar-refractivity contribution in [2.24, 2.45) is 0 Å². The van der Waals surface area contributed by atoms with Gasteiger partial charge in [0.25, 0.3) is 0 Å². The molecule has 7 nitrogen and oxygen atoms in total. The lowest BCUT2D eigenvalue weighted by Crippen LogP contribution is -2.09. The molecule has 33 heavy (non-hydrogen) atoms. The molecule has 0 N–H and O–H groups in total. The molecule has 0 aromatic heterocycles. The van der Waals surface area contributed by atoms with Gasteiger partial charge in [0.05, 0.1) is 32.5 Å². The van der Waals surface area contributed by atoms with Crippen molar-refractivity contribution < 1.29 is 33.3 Å². The van der Waals surface area contributed by atoms with Crippen LogP contribution < -0.4 is 23.7 Å². The van der Waals surface area contributed by atoms with Gasteiger partial charge in [-0.05, 0) is 60.5 Å². The lowest BCUT2D eigenvalue weighted by molar-refractivity contribution is 0.0734. The Morgan fingerprint density at radius 2 is 1.67 bits per heavy atom. The number of ether oxygens (including phenoxy) is 5.